The lowest BCUT2D eigenvalue weighted by molar-refractivity contribution is -0.284. The van der Waals surface area contributed by atoms with Gasteiger partial charge in [-0.15, -0.1) is 0 Å². The summed E-state index contributed by atoms with van der Waals surface area (Å²) in [6, 6.07) is 16.4. The molecule has 1 unspecified atom stereocenters. The zero-order chi connectivity index (χ0) is 96.6. The van der Waals surface area contributed by atoms with Gasteiger partial charge in [0, 0.05) is 18.8 Å². The van der Waals surface area contributed by atoms with Crippen molar-refractivity contribution in [1.82, 2.24) is 10.6 Å². The van der Waals surface area contributed by atoms with Gasteiger partial charge in [0.2, 0.25) is 11.8 Å². The molecule has 2 fully saturated rings. The van der Waals surface area contributed by atoms with Crippen molar-refractivity contribution in [3.8, 4) is 0 Å². The fourth-order valence-electron chi connectivity index (χ4n) is 19.3. The molecular formula is C114H200N2O18. The number of hydrogen-bond donors (Lipinski definition) is 7. The van der Waals surface area contributed by atoms with Crippen LogP contribution in [0, 0.1) is 5.92 Å². The van der Waals surface area contributed by atoms with Crippen molar-refractivity contribution < 1.29 is 87.5 Å². The first-order valence-electron chi connectivity index (χ1n) is 56.1. The van der Waals surface area contributed by atoms with Crippen LogP contribution in [0.1, 0.15) is 514 Å². The number of esters is 3. The molecule has 134 heavy (non-hydrogen) atoms. The highest BCUT2D eigenvalue weighted by Crippen LogP contribution is 2.33. The maximum atomic E-state index is 15.1. The van der Waals surface area contributed by atoms with Gasteiger partial charge in [-0.05, 0) is 56.6 Å². The molecule has 7 N–H and O–H groups in total. The van der Waals surface area contributed by atoms with Crippen molar-refractivity contribution in [2.24, 2.45) is 5.92 Å². The SMILES string of the molecule is CCCCCCCCCCCCC[C@@H](O)CC(=O)N[C@H]1C(=O)O[C@H](CO[C@@H]2O[C@H](CO)[C@@H](O)[C@H](OC(=O)C[C@H](O)CCCCCCCCCCC)[C@H]2NC(=O)C[C@@H](CCCCCCCCCCCCC)C(=O)CCCCCCCCCCCCCCCCCCCCCCCCCC(C)OCc2ccccc2)[C@@H](OCc2ccccc2)[C@@H]1OC(=O)C[C@H](O)CCCCCCCCCCC. The molecule has 2 aromatic rings. The van der Waals surface area contributed by atoms with E-state index in [1.807, 2.05) is 36.4 Å². The van der Waals surface area contributed by atoms with Crippen LogP contribution in [-0.4, -0.2) is 154 Å². The van der Waals surface area contributed by atoms with E-state index < -0.39 is 135 Å². The van der Waals surface area contributed by atoms with E-state index in [0.717, 1.165) is 135 Å². The smallest absolute Gasteiger partial charge is 0.333 e. The monoisotopic (exact) mass is 1890 g/mol. The van der Waals surface area contributed by atoms with E-state index in [4.69, 9.17) is 33.2 Å². The van der Waals surface area contributed by atoms with Crippen LogP contribution in [0.3, 0.4) is 0 Å². The summed E-state index contributed by atoms with van der Waals surface area (Å²) in [5, 5.41) is 63.0. The highest BCUT2D eigenvalue weighted by atomic mass is 16.7. The summed E-state index contributed by atoms with van der Waals surface area (Å²) in [6.45, 7) is 10.2. The summed E-state index contributed by atoms with van der Waals surface area (Å²) in [5.41, 5.74) is 1.93. The normalized spacial score (nSPS) is 19.1. The van der Waals surface area contributed by atoms with Gasteiger partial charge in [-0.2, -0.15) is 0 Å². The van der Waals surface area contributed by atoms with Crippen LogP contribution in [0.15, 0.2) is 60.7 Å². The summed E-state index contributed by atoms with van der Waals surface area (Å²) in [4.78, 5) is 87.6. The maximum absolute atomic E-state index is 15.1. The second kappa shape index (κ2) is 83.8. The third-order valence-corrected chi connectivity index (χ3v) is 27.9. The minimum atomic E-state index is -1.76. The van der Waals surface area contributed by atoms with Gasteiger partial charge in [-0.1, -0.05) is 486 Å². The molecule has 0 aromatic heterocycles. The van der Waals surface area contributed by atoms with E-state index in [9.17, 15) is 49.5 Å². The number of Topliss-reactive ketones (excluding diaryl/α,β-unsaturated/α-hetero) is 1. The Morgan fingerprint density at radius 3 is 1.07 bits per heavy atom. The number of benzene rings is 2. The predicted octanol–water partition coefficient (Wildman–Crippen LogP) is 26.8. The number of hydrogen-bond acceptors (Lipinski definition) is 18. The first-order chi connectivity index (χ1) is 65.5. The molecule has 0 saturated carbocycles. The molecule has 20 nitrogen and oxygen atoms in total. The number of nitrogens with one attached hydrogen (secondary N) is 2. The van der Waals surface area contributed by atoms with Crippen LogP contribution < -0.4 is 10.6 Å². The number of amides is 2. The zero-order valence-electron chi connectivity index (χ0n) is 85.8. The third kappa shape index (κ3) is 62.3. The maximum Gasteiger partial charge on any atom is 0.333 e. The van der Waals surface area contributed by atoms with Crippen LogP contribution in [-0.2, 0) is 75.1 Å². The van der Waals surface area contributed by atoms with Crippen LogP contribution in [0.4, 0.5) is 0 Å². The topological polar surface area (TPSA) is 292 Å². The number of ether oxygens (including phenoxy) is 7. The Balaban J connectivity index is 1.48. The van der Waals surface area contributed by atoms with Crippen molar-refractivity contribution in [1.29, 1.82) is 0 Å². The molecule has 2 aliphatic heterocycles. The van der Waals surface area contributed by atoms with E-state index in [0.29, 0.717) is 76.1 Å². The molecule has 0 spiro atoms. The molecule has 774 valence electrons. The quantitative estimate of drug-likeness (QED) is 0.0184. The number of cyclic esters (lactones) is 1. The molecular weight excluding hydrogens is 1690 g/mol. The lowest BCUT2D eigenvalue weighted by atomic mass is 9.89. The van der Waals surface area contributed by atoms with E-state index in [2.05, 4.69) is 69.5 Å². The molecule has 0 bridgehead atoms. The number of unbranched alkanes of at least 4 members (excludes halogenated alkanes) is 58. The van der Waals surface area contributed by atoms with E-state index >= 15 is 4.79 Å². The number of carbonyl (C=O) groups is 6. The Morgan fingerprint density at radius 2 is 0.694 bits per heavy atom. The van der Waals surface area contributed by atoms with Crippen molar-refractivity contribution in [3.63, 3.8) is 0 Å². The van der Waals surface area contributed by atoms with Gasteiger partial charge in [0.05, 0.1) is 70.1 Å². The Morgan fingerprint density at radius 1 is 0.366 bits per heavy atom. The average molecular weight is 1890 g/mol. The molecule has 20 heteroatoms. The highest BCUT2D eigenvalue weighted by Gasteiger charge is 2.53. The third-order valence-electron chi connectivity index (χ3n) is 27.9. The van der Waals surface area contributed by atoms with Crippen LogP contribution in [0.2, 0.25) is 0 Å². The average Bonchev–Trinajstić information content (AvgIpc) is 0.783. The molecule has 4 rings (SSSR count). The van der Waals surface area contributed by atoms with Crippen molar-refractivity contribution in [2.45, 2.75) is 596 Å². The summed E-state index contributed by atoms with van der Waals surface area (Å²) in [6.07, 6.45) is 60.1. The fourth-order valence-corrected chi connectivity index (χ4v) is 19.3. The van der Waals surface area contributed by atoms with Gasteiger partial charge in [-0.3, -0.25) is 24.0 Å². The molecule has 2 amide bonds. The molecule has 2 aromatic carbocycles. The number of carbonyl (C=O) groups excluding carboxylic acids is 6. The number of ketones is 1. The van der Waals surface area contributed by atoms with Crippen molar-refractivity contribution >= 4 is 35.5 Å². The lowest BCUT2D eigenvalue weighted by Gasteiger charge is -2.45. The molecule has 0 aliphatic carbocycles. The van der Waals surface area contributed by atoms with Crippen LogP contribution in [0.25, 0.3) is 0 Å². The van der Waals surface area contributed by atoms with Crippen molar-refractivity contribution in [3.05, 3.63) is 71.8 Å². The van der Waals surface area contributed by atoms with Crippen LogP contribution in [0.5, 0.6) is 0 Å². The summed E-state index contributed by atoms with van der Waals surface area (Å²) < 4.78 is 44.5. The Kier molecular flexibility index (Phi) is 76.0. The minimum Gasteiger partial charge on any atom is -0.457 e. The van der Waals surface area contributed by atoms with Gasteiger partial charge >= 0.3 is 17.9 Å². The van der Waals surface area contributed by atoms with Gasteiger partial charge in [0.1, 0.15) is 30.1 Å². The summed E-state index contributed by atoms with van der Waals surface area (Å²) >= 11 is 0. The number of aliphatic hydroxyl groups is 5. The highest BCUT2D eigenvalue weighted by molar-refractivity contribution is 5.88. The van der Waals surface area contributed by atoms with Gasteiger partial charge in [0.25, 0.3) is 0 Å². The Labute approximate surface area is 816 Å². The molecule has 2 saturated heterocycles. The first kappa shape index (κ1) is 121. The standard InChI is InChI=1S/C114H200N2O18/c1-6-10-14-18-22-26-41-48-52-58-70-80-96(100(121)84-74-62-56-50-44-40-38-36-34-32-30-28-29-31-33-35-37-39-43-47-51-57-65-75-93(5)128-90-94-76-66-63-67-77-94)85-103(122)116-108-111(133-105(124)87-98(119)82-72-60-53-45-24-20-16-12-8-3)109(126)101(89-117)132-114(108)130-92-102-110(129-91-95-78-68-64-69-79-95)112(134-106(125)88-99(120)83-73-61-54-46-25-21-17-13-9-4)107(113(127)131-102)115-104(123)86-97(118)81-71-59-55-49-42-27-23-19-15-11-7-2/h63-64,66-69,76-79,93,96-99,101-102,107-112,114,117-120,126H,6-62,65,70-75,80-92H2,1-5H3,(H,115,123)(H,116,122)/t93?,96-,97-,98-,99-,101-,102-,107-,108-,109-,110-,111-,112-,114-/m1/s1. The van der Waals surface area contributed by atoms with Crippen LogP contribution >= 0.6 is 0 Å². The van der Waals surface area contributed by atoms with Gasteiger partial charge in [0.15, 0.2) is 30.6 Å². The minimum absolute atomic E-state index is 0.00559. The van der Waals surface area contributed by atoms with Gasteiger partial charge in [-0.25, -0.2) is 4.79 Å². The number of aliphatic hydroxyl groups excluding tert-OH is 5. The molecule has 2 aliphatic rings. The van der Waals surface area contributed by atoms with Crippen molar-refractivity contribution in [2.75, 3.05) is 13.2 Å². The van der Waals surface area contributed by atoms with E-state index in [-0.39, 0.29) is 25.2 Å². The Bertz CT molecular complexity index is 3090. The molecule has 0 radical (unpaired) electrons. The second-order valence-corrected chi connectivity index (χ2v) is 40.4. The number of rotatable bonds is 93. The Hall–Kier alpha value is -4.90. The van der Waals surface area contributed by atoms with Gasteiger partial charge < -0.3 is 69.3 Å². The summed E-state index contributed by atoms with van der Waals surface area (Å²) in [5.74, 6) is -4.74. The zero-order valence-corrected chi connectivity index (χ0v) is 85.8. The lowest BCUT2D eigenvalue weighted by Crippen LogP contribution is -2.67. The predicted molar refractivity (Wildman–Crippen MR) is 543 cm³/mol. The fraction of sp³-hybridized carbons (Fsp3) is 0.842. The molecule has 14 atom stereocenters. The van der Waals surface area contributed by atoms with E-state index in [1.54, 1.807) is 0 Å². The summed E-state index contributed by atoms with van der Waals surface area (Å²) in [7, 11) is 0. The van der Waals surface area contributed by atoms with E-state index in [1.165, 1.54) is 256 Å². The molecule has 2 heterocycles. The first-order valence-corrected chi connectivity index (χ1v) is 56.1. The second-order valence-electron chi connectivity index (χ2n) is 40.4. The largest absolute Gasteiger partial charge is 0.457 e.